The molecule has 6 heteroatoms. The number of aryl methyl sites for hydroxylation is 1. The molecule has 0 bridgehead atoms. The van der Waals surface area contributed by atoms with Gasteiger partial charge in [0, 0.05) is 0 Å². The van der Waals surface area contributed by atoms with Crippen LogP contribution in [0, 0.1) is 6.92 Å². The Balaban J connectivity index is 2.05. The average molecular weight is 337 g/mol. The lowest BCUT2D eigenvalue weighted by Gasteiger charge is -2.09. The topological polar surface area (TPSA) is 30.8 Å². The molecule has 0 unspecified atom stereocenters. The van der Waals surface area contributed by atoms with Gasteiger partial charge in [-0.15, -0.1) is 0 Å². The maximum atomic E-state index is 12.7. The highest BCUT2D eigenvalue weighted by atomic mass is 19.4. The van der Waals surface area contributed by atoms with Crippen molar-refractivity contribution in [2.24, 2.45) is 5.16 Å². The number of ether oxygens (including phenoxy) is 1. The molecule has 0 radical (unpaired) electrons. The summed E-state index contributed by atoms with van der Waals surface area (Å²) in [5, 5.41) is 3.90. The number of oxime groups is 1. The Hall–Kier alpha value is -2.50. The molecule has 128 valence electrons. The number of methoxy groups -OCH3 is 1. The van der Waals surface area contributed by atoms with Crippen LogP contribution in [0.4, 0.5) is 13.2 Å². The fourth-order valence-electron chi connectivity index (χ4n) is 2.21. The molecule has 0 aromatic heterocycles. The van der Waals surface area contributed by atoms with Crippen LogP contribution in [-0.4, -0.2) is 12.8 Å². The van der Waals surface area contributed by atoms with E-state index in [1.54, 1.807) is 20.1 Å². The minimum absolute atomic E-state index is 0.223. The average Bonchev–Trinajstić information content (AvgIpc) is 2.54. The molecular formula is C18H18F3NO2. The van der Waals surface area contributed by atoms with Crippen molar-refractivity contribution in [3.63, 3.8) is 0 Å². The summed E-state index contributed by atoms with van der Waals surface area (Å²) in [5.41, 5.74) is 1.91. The Bertz CT molecular complexity index is 739. The minimum Gasteiger partial charge on any atom is -0.496 e. The molecule has 24 heavy (non-hydrogen) atoms. The van der Waals surface area contributed by atoms with E-state index < -0.39 is 11.7 Å². The number of benzene rings is 2. The van der Waals surface area contributed by atoms with E-state index in [0.29, 0.717) is 11.3 Å². The van der Waals surface area contributed by atoms with Crippen LogP contribution in [0.1, 0.15) is 29.2 Å². The molecule has 2 aromatic rings. The van der Waals surface area contributed by atoms with E-state index in [4.69, 9.17) is 9.57 Å². The van der Waals surface area contributed by atoms with Gasteiger partial charge in [-0.3, -0.25) is 0 Å². The van der Waals surface area contributed by atoms with Gasteiger partial charge in [0.15, 0.2) is 0 Å². The lowest BCUT2D eigenvalue weighted by Crippen LogP contribution is -2.06. The van der Waals surface area contributed by atoms with E-state index in [2.05, 4.69) is 5.16 Å². The van der Waals surface area contributed by atoms with Gasteiger partial charge in [-0.2, -0.15) is 13.2 Å². The van der Waals surface area contributed by atoms with Gasteiger partial charge in [-0.25, -0.2) is 0 Å². The van der Waals surface area contributed by atoms with E-state index >= 15 is 0 Å². The minimum atomic E-state index is -4.38. The van der Waals surface area contributed by atoms with Gasteiger partial charge in [-0.05, 0) is 54.8 Å². The fourth-order valence-corrected chi connectivity index (χ4v) is 2.21. The maximum absolute atomic E-state index is 12.7. The Morgan fingerprint density at radius 3 is 2.50 bits per heavy atom. The molecule has 0 aliphatic carbocycles. The third-order valence-electron chi connectivity index (χ3n) is 3.50. The first-order valence-corrected chi connectivity index (χ1v) is 7.29. The molecule has 0 aliphatic heterocycles. The van der Waals surface area contributed by atoms with Crippen LogP contribution in [0.25, 0.3) is 0 Å². The zero-order valence-electron chi connectivity index (χ0n) is 13.6. The molecule has 0 atom stereocenters. The SMILES string of the molecule is COc1ccc(CON=C(C)c2cccc(C(F)(F)F)c2)cc1C. The molecule has 0 saturated heterocycles. The lowest BCUT2D eigenvalue weighted by molar-refractivity contribution is -0.137. The molecule has 0 aliphatic rings. The van der Waals surface area contributed by atoms with Gasteiger partial charge in [0.1, 0.15) is 12.4 Å². The van der Waals surface area contributed by atoms with Crippen LogP contribution >= 0.6 is 0 Å². The van der Waals surface area contributed by atoms with Crippen molar-refractivity contribution in [2.75, 3.05) is 7.11 Å². The van der Waals surface area contributed by atoms with Crippen molar-refractivity contribution in [1.29, 1.82) is 0 Å². The van der Waals surface area contributed by atoms with Crippen LogP contribution in [0.2, 0.25) is 0 Å². The van der Waals surface area contributed by atoms with Gasteiger partial charge in [0.05, 0.1) is 18.4 Å². The summed E-state index contributed by atoms with van der Waals surface area (Å²) < 4.78 is 43.3. The number of alkyl halides is 3. The smallest absolute Gasteiger partial charge is 0.416 e. The van der Waals surface area contributed by atoms with Gasteiger partial charge in [0.2, 0.25) is 0 Å². The first-order valence-electron chi connectivity index (χ1n) is 7.29. The quantitative estimate of drug-likeness (QED) is 0.570. The second-order valence-electron chi connectivity index (χ2n) is 5.33. The number of halogens is 3. The summed E-state index contributed by atoms with van der Waals surface area (Å²) in [6.07, 6.45) is -4.38. The van der Waals surface area contributed by atoms with Crippen molar-refractivity contribution < 1.29 is 22.7 Å². The number of nitrogens with zero attached hydrogens (tertiary/aromatic N) is 1. The third kappa shape index (κ3) is 4.50. The predicted octanol–water partition coefficient (Wildman–Crippen LogP) is 4.96. The molecule has 2 aromatic carbocycles. The molecular weight excluding hydrogens is 319 g/mol. The summed E-state index contributed by atoms with van der Waals surface area (Å²) in [7, 11) is 1.60. The van der Waals surface area contributed by atoms with Crippen molar-refractivity contribution >= 4 is 5.71 Å². The Morgan fingerprint density at radius 2 is 1.88 bits per heavy atom. The zero-order valence-corrected chi connectivity index (χ0v) is 13.6. The number of rotatable bonds is 5. The normalized spacial score (nSPS) is 12.2. The van der Waals surface area contributed by atoms with Gasteiger partial charge in [0.25, 0.3) is 0 Å². The van der Waals surface area contributed by atoms with Crippen LogP contribution in [0.5, 0.6) is 5.75 Å². The summed E-state index contributed by atoms with van der Waals surface area (Å²) in [4.78, 5) is 5.26. The summed E-state index contributed by atoms with van der Waals surface area (Å²) >= 11 is 0. The van der Waals surface area contributed by atoms with Gasteiger partial charge >= 0.3 is 6.18 Å². The highest BCUT2D eigenvalue weighted by Crippen LogP contribution is 2.29. The summed E-state index contributed by atoms with van der Waals surface area (Å²) in [5.74, 6) is 0.780. The Morgan fingerprint density at radius 1 is 1.12 bits per heavy atom. The largest absolute Gasteiger partial charge is 0.496 e. The molecule has 2 rings (SSSR count). The van der Waals surface area contributed by atoms with Crippen LogP contribution in [-0.2, 0) is 17.6 Å². The Labute approximate surface area is 138 Å². The second-order valence-corrected chi connectivity index (χ2v) is 5.33. The molecule has 0 amide bonds. The van der Waals surface area contributed by atoms with Gasteiger partial charge < -0.3 is 9.57 Å². The standard InChI is InChI=1S/C18H18F3NO2/c1-12-9-14(7-8-17(12)23-3)11-24-22-13(2)15-5-4-6-16(10-15)18(19,20)21/h4-10H,11H2,1-3H3. The molecule has 0 spiro atoms. The lowest BCUT2D eigenvalue weighted by atomic mass is 10.1. The van der Waals surface area contributed by atoms with Crippen molar-refractivity contribution in [2.45, 2.75) is 26.6 Å². The summed E-state index contributed by atoms with van der Waals surface area (Å²) in [6.45, 7) is 3.75. The monoisotopic (exact) mass is 337 g/mol. The van der Waals surface area contributed by atoms with E-state index in [9.17, 15) is 13.2 Å². The third-order valence-corrected chi connectivity index (χ3v) is 3.50. The molecule has 3 nitrogen and oxygen atoms in total. The van der Waals surface area contributed by atoms with E-state index in [0.717, 1.165) is 29.0 Å². The van der Waals surface area contributed by atoms with Gasteiger partial charge in [-0.1, -0.05) is 23.4 Å². The molecule has 0 N–H and O–H groups in total. The molecule has 0 heterocycles. The molecule has 0 fully saturated rings. The van der Waals surface area contributed by atoms with E-state index in [1.165, 1.54) is 6.07 Å². The number of hydrogen-bond acceptors (Lipinski definition) is 3. The van der Waals surface area contributed by atoms with Crippen LogP contribution in [0.15, 0.2) is 47.6 Å². The maximum Gasteiger partial charge on any atom is 0.416 e. The van der Waals surface area contributed by atoms with Crippen LogP contribution < -0.4 is 4.74 Å². The highest BCUT2D eigenvalue weighted by Gasteiger charge is 2.30. The Kier molecular flexibility index (Phi) is 5.49. The van der Waals surface area contributed by atoms with E-state index in [-0.39, 0.29) is 6.61 Å². The second kappa shape index (κ2) is 7.38. The zero-order chi connectivity index (χ0) is 17.7. The molecule has 0 saturated carbocycles. The predicted molar refractivity (Wildman–Crippen MR) is 86.2 cm³/mol. The first kappa shape index (κ1) is 17.8. The fraction of sp³-hybridized carbons (Fsp3) is 0.278. The summed E-state index contributed by atoms with van der Waals surface area (Å²) in [6, 6.07) is 10.6. The van der Waals surface area contributed by atoms with Crippen molar-refractivity contribution in [3.05, 3.63) is 64.7 Å². The number of hydrogen-bond donors (Lipinski definition) is 0. The highest BCUT2D eigenvalue weighted by molar-refractivity contribution is 5.98. The van der Waals surface area contributed by atoms with Crippen molar-refractivity contribution in [3.8, 4) is 5.75 Å². The van der Waals surface area contributed by atoms with Crippen LogP contribution in [0.3, 0.4) is 0 Å². The van der Waals surface area contributed by atoms with Crippen molar-refractivity contribution in [1.82, 2.24) is 0 Å². The van der Waals surface area contributed by atoms with E-state index in [1.807, 2.05) is 25.1 Å². The first-order chi connectivity index (χ1) is 11.3.